The Labute approximate surface area is 347 Å². The van der Waals surface area contributed by atoms with Crippen LogP contribution in [0.4, 0.5) is 23.2 Å². The fraction of sp³-hybridized carbons (Fsp3) is 0.405. The van der Waals surface area contributed by atoms with Crippen LogP contribution in [0.2, 0.25) is 5.02 Å². The number of aromatic nitrogens is 2. The van der Waals surface area contributed by atoms with Gasteiger partial charge < -0.3 is 14.4 Å². The highest BCUT2D eigenvalue weighted by molar-refractivity contribution is 9.10. The predicted octanol–water partition coefficient (Wildman–Crippen LogP) is 10.2. The lowest BCUT2D eigenvalue weighted by molar-refractivity contribution is -0.144. The molecule has 0 saturated carbocycles. The lowest BCUT2D eigenvalue weighted by Crippen LogP contribution is -2.35. The first-order valence-electron chi connectivity index (χ1n) is 16.5. The summed E-state index contributed by atoms with van der Waals surface area (Å²) in [7, 11) is 2.66. The van der Waals surface area contributed by atoms with Crippen LogP contribution < -0.4 is 4.90 Å². The van der Waals surface area contributed by atoms with E-state index in [4.69, 9.17) is 55.9 Å². The monoisotopic (exact) mass is 918 g/mol. The third-order valence-corrected chi connectivity index (χ3v) is 8.90. The summed E-state index contributed by atoms with van der Waals surface area (Å²) in [5, 5.41) is 3.50. The van der Waals surface area contributed by atoms with E-state index in [9.17, 15) is 31.9 Å². The Kier molecular flexibility index (Phi) is 21.6. The first-order valence-corrected chi connectivity index (χ1v) is 19.1. The summed E-state index contributed by atoms with van der Waals surface area (Å²) in [5.41, 5.74) is 1.38. The molecule has 3 rings (SSSR count). The van der Waals surface area contributed by atoms with E-state index < -0.39 is 39.1 Å². The number of rotatable bonds is 14. The van der Waals surface area contributed by atoms with Gasteiger partial charge >= 0.3 is 12.1 Å². The standard InChI is InChI=1S/C15H12BrClF4N2O2.C14H20ClNO2.C8H11Cl2NO/c1-6(2)25-14(24)7-4-8(10(18)5-9(7)17)12-11(16)13(15(19,20)21)23(3)22-12;1-4-11-7-6-8-12(5-2)14(11)16(10-18-3)13(17)9-15;1-3-5-11(6-4-2)8(12)7(9)10/h4-6H,1-3H3;6-8H,4-5,9-10H2,1-3H3;3-4,7H,1-2,5-6H2. The van der Waals surface area contributed by atoms with Crippen LogP contribution in [0.25, 0.3) is 11.3 Å². The van der Waals surface area contributed by atoms with Gasteiger partial charge in [-0.25, -0.2) is 9.18 Å². The minimum atomic E-state index is -4.69. The molecule has 9 nitrogen and oxygen atoms in total. The number of hydrogen-bond donors (Lipinski definition) is 0. The van der Waals surface area contributed by atoms with E-state index in [1.165, 1.54) is 4.90 Å². The van der Waals surface area contributed by atoms with Crippen LogP contribution in [0.3, 0.4) is 0 Å². The zero-order chi connectivity index (χ0) is 42.2. The lowest BCUT2D eigenvalue weighted by Gasteiger charge is -2.26. The van der Waals surface area contributed by atoms with Gasteiger partial charge in [0.1, 0.15) is 24.1 Å². The van der Waals surface area contributed by atoms with Crippen molar-refractivity contribution in [3.05, 3.63) is 93.3 Å². The fourth-order valence-corrected chi connectivity index (χ4v) is 6.29. The summed E-state index contributed by atoms with van der Waals surface area (Å²) >= 11 is 25.1. The Morgan fingerprint density at radius 3 is 2.00 bits per heavy atom. The highest BCUT2D eigenvalue weighted by Gasteiger charge is 2.39. The molecule has 0 aliphatic carbocycles. The van der Waals surface area contributed by atoms with E-state index in [0.29, 0.717) is 17.8 Å². The Bertz CT molecular complexity index is 1760. The van der Waals surface area contributed by atoms with E-state index in [-0.39, 0.29) is 46.3 Å². The number of carbonyl (C=O) groups excluding carboxylic acids is 3. The van der Waals surface area contributed by atoms with Gasteiger partial charge in [0, 0.05) is 32.8 Å². The van der Waals surface area contributed by atoms with Gasteiger partial charge in [-0.05, 0) is 65.9 Å². The van der Waals surface area contributed by atoms with Crippen LogP contribution >= 0.6 is 62.3 Å². The number of nitrogens with zero attached hydrogens (tertiary/aromatic N) is 4. The Morgan fingerprint density at radius 2 is 1.60 bits per heavy atom. The molecule has 2 aromatic carbocycles. The summed E-state index contributed by atoms with van der Waals surface area (Å²) in [6.45, 7) is 15.5. The number of alkyl halides is 6. The van der Waals surface area contributed by atoms with Gasteiger partial charge in [-0.15, -0.1) is 24.8 Å². The summed E-state index contributed by atoms with van der Waals surface area (Å²) in [6.07, 6.45) is -0.177. The second-order valence-corrected chi connectivity index (χ2v) is 14.1. The number of methoxy groups -OCH3 is 1. The molecule has 0 unspecified atom stereocenters. The quantitative estimate of drug-likeness (QED) is 0.0526. The maximum absolute atomic E-state index is 14.3. The molecule has 0 bridgehead atoms. The average Bonchev–Trinajstić information content (AvgIpc) is 3.42. The molecule has 0 spiro atoms. The normalized spacial score (nSPS) is 10.9. The molecule has 0 saturated heterocycles. The zero-order valence-electron chi connectivity index (χ0n) is 31.1. The number of halogens is 9. The topological polar surface area (TPSA) is 94.0 Å². The van der Waals surface area contributed by atoms with Crippen LogP contribution in [0, 0.1) is 5.82 Å². The van der Waals surface area contributed by atoms with E-state index in [1.54, 1.807) is 38.0 Å². The maximum Gasteiger partial charge on any atom is 0.434 e. The lowest BCUT2D eigenvalue weighted by atomic mass is 10.0. The number of carbonyl (C=O) groups is 3. The fourth-order valence-electron chi connectivity index (χ4n) is 4.87. The van der Waals surface area contributed by atoms with Crippen molar-refractivity contribution in [3.63, 3.8) is 0 Å². The van der Waals surface area contributed by atoms with Crippen LogP contribution in [-0.4, -0.2) is 76.2 Å². The molecule has 0 fully saturated rings. The predicted molar refractivity (Wildman–Crippen MR) is 215 cm³/mol. The highest BCUT2D eigenvalue weighted by Crippen LogP contribution is 2.41. The number of benzene rings is 2. The molecule has 55 heavy (non-hydrogen) atoms. The van der Waals surface area contributed by atoms with Gasteiger partial charge in [0.2, 0.25) is 5.91 Å². The minimum Gasteiger partial charge on any atom is -0.459 e. The first kappa shape index (κ1) is 49.9. The molecule has 3 aromatic rings. The molecule has 1 aromatic heterocycles. The number of anilines is 1. The van der Waals surface area contributed by atoms with Gasteiger partial charge in [-0.3, -0.25) is 19.2 Å². The van der Waals surface area contributed by atoms with Crippen LogP contribution in [0.1, 0.15) is 54.9 Å². The third kappa shape index (κ3) is 14.4. The zero-order valence-corrected chi connectivity index (χ0v) is 35.7. The van der Waals surface area contributed by atoms with E-state index in [0.717, 1.165) is 48.8 Å². The Hall–Kier alpha value is -3.14. The Balaban J connectivity index is 0.000000442. The number of amides is 2. The number of para-hydroxylation sites is 1. The van der Waals surface area contributed by atoms with Crippen molar-refractivity contribution in [2.24, 2.45) is 7.05 Å². The molecule has 2 amide bonds. The summed E-state index contributed by atoms with van der Waals surface area (Å²) in [4.78, 5) is 37.3. The van der Waals surface area contributed by atoms with E-state index in [1.807, 2.05) is 18.2 Å². The number of esters is 1. The third-order valence-electron chi connectivity index (χ3n) is 7.24. The van der Waals surface area contributed by atoms with Crippen molar-refractivity contribution < 1.29 is 41.4 Å². The number of hydrogen-bond acceptors (Lipinski definition) is 6. The van der Waals surface area contributed by atoms with Gasteiger partial charge in [0.25, 0.3) is 5.91 Å². The van der Waals surface area contributed by atoms with Crippen molar-refractivity contribution >= 4 is 85.8 Å². The van der Waals surface area contributed by atoms with Gasteiger partial charge in [0.05, 0.1) is 26.9 Å². The Morgan fingerprint density at radius 1 is 1.05 bits per heavy atom. The van der Waals surface area contributed by atoms with Gasteiger partial charge in [0.15, 0.2) is 10.5 Å². The van der Waals surface area contributed by atoms with Crippen molar-refractivity contribution in [2.75, 3.05) is 37.7 Å². The molecular formula is C37H43BrCl4F4N4O5. The molecule has 18 heteroatoms. The SMILES string of the molecule is C=CCN(CC=C)C(=O)C(Cl)Cl.CC(C)OC(=O)c1cc(-c2nn(C)c(C(F)(F)F)c2Br)c(F)cc1Cl.CCc1cccc(CC)c1N(COC)C(=O)CCl. The van der Waals surface area contributed by atoms with Crippen LogP contribution in [0.5, 0.6) is 0 Å². The minimum absolute atomic E-state index is 0.0371. The summed E-state index contributed by atoms with van der Waals surface area (Å²) in [5.74, 6) is -2.22. The first-order chi connectivity index (χ1) is 25.7. The van der Waals surface area contributed by atoms with Gasteiger partial charge in [-0.2, -0.15) is 18.3 Å². The summed E-state index contributed by atoms with van der Waals surface area (Å²) < 4.78 is 63.8. The van der Waals surface area contributed by atoms with E-state index in [2.05, 4.69) is 48.0 Å². The second kappa shape index (κ2) is 23.8. The second-order valence-electron chi connectivity index (χ2n) is 11.5. The summed E-state index contributed by atoms with van der Waals surface area (Å²) in [6, 6.07) is 7.96. The molecule has 0 atom stereocenters. The molecular weight excluding hydrogens is 878 g/mol. The van der Waals surface area contributed by atoms with Crippen LogP contribution in [0.15, 0.2) is 60.1 Å². The molecule has 304 valence electrons. The molecule has 0 radical (unpaired) electrons. The largest absolute Gasteiger partial charge is 0.459 e. The van der Waals surface area contributed by atoms with Crippen molar-refractivity contribution in [3.8, 4) is 11.3 Å². The van der Waals surface area contributed by atoms with Crippen molar-refractivity contribution in [2.45, 2.75) is 57.7 Å². The number of aryl methyl sites for hydroxylation is 3. The highest BCUT2D eigenvalue weighted by atomic mass is 79.9. The van der Waals surface area contributed by atoms with Crippen molar-refractivity contribution in [1.82, 2.24) is 14.7 Å². The molecule has 0 N–H and O–H groups in total. The maximum atomic E-state index is 14.3. The van der Waals surface area contributed by atoms with Crippen molar-refractivity contribution in [1.29, 1.82) is 0 Å². The number of ether oxygens (including phenoxy) is 2. The molecule has 1 heterocycles. The van der Waals surface area contributed by atoms with E-state index >= 15 is 0 Å². The van der Waals surface area contributed by atoms with Crippen LogP contribution in [-0.2, 0) is 45.1 Å². The smallest absolute Gasteiger partial charge is 0.434 e. The molecule has 0 aliphatic heterocycles. The van der Waals surface area contributed by atoms with Gasteiger partial charge in [-0.1, -0.05) is 79.0 Å². The average molecular weight is 921 g/mol. The molecule has 0 aliphatic rings.